The zero-order valence-electron chi connectivity index (χ0n) is 20.7. The molecule has 1 amide bonds. The lowest BCUT2D eigenvalue weighted by Gasteiger charge is -2.44. The number of halogens is 3. The van der Waals surface area contributed by atoms with Gasteiger partial charge < -0.3 is 14.5 Å². The van der Waals surface area contributed by atoms with Crippen molar-refractivity contribution in [2.75, 3.05) is 26.2 Å². The minimum absolute atomic E-state index is 0.0445. The van der Waals surface area contributed by atoms with E-state index in [1.807, 2.05) is 0 Å². The van der Waals surface area contributed by atoms with Gasteiger partial charge in [0.2, 0.25) is 0 Å². The van der Waals surface area contributed by atoms with Crippen LogP contribution >= 0.6 is 0 Å². The molecule has 2 fully saturated rings. The molecule has 1 spiro atoms. The van der Waals surface area contributed by atoms with E-state index in [2.05, 4.69) is 11.5 Å². The SMILES string of the molecule is C=CC1=C(/C=C(\C)C(F)(F)F)CN(C(=O)C2=C(C)C(=O)OC23CCN(C2CCCCC2)CC3)CC1. The van der Waals surface area contributed by atoms with E-state index in [9.17, 15) is 22.8 Å². The summed E-state index contributed by atoms with van der Waals surface area (Å²) in [7, 11) is 0. The number of ether oxygens (including phenoxy) is 1. The molecule has 3 aliphatic heterocycles. The van der Waals surface area contributed by atoms with Gasteiger partial charge in [0.1, 0.15) is 5.60 Å². The highest BCUT2D eigenvalue weighted by atomic mass is 19.4. The monoisotopic (exact) mass is 492 g/mol. The van der Waals surface area contributed by atoms with E-state index in [1.165, 1.54) is 32.1 Å². The fourth-order valence-electron chi connectivity index (χ4n) is 6.00. The van der Waals surface area contributed by atoms with Crippen LogP contribution in [0.5, 0.6) is 0 Å². The summed E-state index contributed by atoms with van der Waals surface area (Å²) in [5.74, 6) is -0.773. The molecular weight excluding hydrogens is 457 g/mol. The second-order valence-corrected chi connectivity index (χ2v) is 10.3. The smallest absolute Gasteiger partial charge is 0.412 e. The molecule has 3 heterocycles. The maximum absolute atomic E-state index is 13.8. The molecule has 5 nitrogen and oxygen atoms in total. The number of amides is 1. The number of hydrogen-bond acceptors (Lipinski definition) is 4. The molecule has 0 radical (unpaired) electrons. The molecule has 8 heteroatoms. The Labute approximate surface area is 205 Å². The minimum Gasteiger partial charge on any atom is -0.450 e. The fraction of sp³-hybridized carbons (Fsp3) is 0.630. The number of likely N-dealkylation sites (tertiary alicyclic amines) is 1. The zero-order valence-corrected chi connectivity index (χ0v) is 20.7. The molecule has 0 unspecified atom stereocenters. The molecule has 1 saturated carbocycles. The third-order valence-corrected chi connectivity index (χ3v) is 8.13. The molecule has 192 valence electrons. The number of esters is 1. The van der Waals surface area contributed by atoms with Crippen molar-refractivity contribution >= 4 is 11.9 Å². The Morgan fingerprint density at radius 1 is 1.11 bits per heavy atom. The number of carbonyl (C=O) groups is 2. The maximum atomic E-state index is 13.8. The average molecular weight is 493 g/mol. The molecule has 0 aromatic heterocycles. The molecule has 0 bridgehead atoms. The summed E-state index contributed by atoms with van der Waals surface area (Å²) in [6, 6.07) is 0.554. The van der Waals surface area contributed by atoms with Gasteiger partial charge in [-0.3, -0.25) is 4.79 Å². The van der Waals surface area contributed by atoms with Crippen molar-refractivity contribution in [3.8, 4) is 0 Å². The molecular formula is C27H35F3N2O3. The van der Waals surface area contributed by atoms with E-state index in [-0.39, 0.29) is 12.5 Å². The van der Waals surface area contributed by atoms with Crippen LogP contribution in [-0.2, 0) is 14.3 Å². The second kappa shape index (κ2) is 9.96. The van der Waals surface area contributed by atoms with Gasteiger partial charge in [-0.2, -0.15) is 13.2 Å². The van der Waals surface area contributed by atoms with Gasteiger partial charge in [-0.05, 0) is 50.3 Å². The zero-order chi connectivity index (χ0) is 25.4. The molecule has 35 heavy (non-hydrogen) atoms. The van der Waals surface area contributed by atoms with Crippen molar-refractivity contribution in [3.63, 3.8) is 0 Å². The Morgan fingerprint density at radius 3 is 2.37 bits per heavy atom. The molecule has 0 aromatic rings. The van der Waals surface area contributed by atoms with Crippen LogP contribution in [0.1, 0.15) is 65.2 Å². The van der Waals surface area contributed by atoms with E-state index in [1.54, 1.807) is 17.9 Å². The van der Waals surface area contributed by atoms with E-state index in [0.29, 0.717) is 54.1 Å². The predicted molar refractivity (Wildman–Crippen MR) is 127 cm³/mol. The van der Waals surface area contributed by atoms with E-state index in [4.69, 9.17) is 4.74 Å². The second-order valence-electron chi connectivity index (χ2n) is 10.3. The number of carbonyl (C=O) groups excluding carboxylic acids is 2. The number of piperidine rings is 1. The summed E-state index contributed by atoms with van der Waals surface area (Å²) < 4.78 is 45.4. The third-order valence-electron chi connectivity index (χ3n) is 8.13. The summed E-state index contributed by atoms with van der Waals surface area (Å²) in [6.07, 6.45) is 5.91. The molecule has 4 aliphatic rings. The Balaban J connectivity index is 1.54. The lowest BCUT2D eigenvalue weighted by molar-refractivity contribution is -0.152. The number of rotatable bonds is 4. The maximum Gasteiger partial charge on any atom is 0.412 e. The summed E-state index contributed by atoms with van der Waals surface area (Å²) in [5.41, 5.74) is 0.190. The van der Waals surface area contributed by atoms with Gasteiger partial charge in [-0.15, -0.1) is 0 Å². The average Bonchev–Trinajstić information content (AvgIpc) is 3.07. The summed E-state index contributed by atoms with van der Waals surface area (Å²) >= 11 is 0. The van der Waals surface area contributed by atoms with Crippen LogP contribution in [0.3, 0.4) is 0 Å². The first-order valence-corrected chi connectivity index (χ1v) is 12.6. The van der Waals surface area contributed by atoms with Crippen molar-refractivity contribution < 1.29 is 27.5 Å². The van der Waals surface area contributed by atoms with E-state index >= 15 is 0 Å². The van der Waals surface area contributed by atoms with Crippen molar-refractivity contribution in [3.05, 3.63) is 46.6 Å². The van der Waals surface area contributed by atoms with Gasteiger partial charge >= 0.3 is 12.1 Å². The van der Waals surface area contributed by atoms with Crippen LogP contribution < -0.4 is 0 Å². The van der Waals surface area contributed by atoms with Crippen molar-refractivity contribution in [2.24, 2.45) is 0 Å². The van der Waals surface area contributed by atoms with Gasteiger partial charge in [0.05, 0.1) is 5.57 Å². The Morgan fingerprint density at radius 2 is 1.77 bits per heavy atom. The first-order chi connectivity index (χ1) is 16.6. The van der Waals surface area contributed by atoms with Crippen LogP contribution in [0, 0.1) is 0 Å². The molecule has 1 saturated heterocycles. The van der Waals surface area contributed by atoms with E-state index in [0.717, 1.165) is 26.1 Å². The van der Waals surface area contributed by atoms with Crippen LogP contribution in [-0.4, -0.2) is 65.7 Å². The Bertz CT molecular complexity index is 978. The highest BCUT2D eigenvalue weighted by molar-refractivity contribution is 6.07. The van der Waals surface area contributed by atoms with Gasteiger partial charge in [0.15, 0.2) is 0 Å². The lowest BCUT2D eigenvalue weighted by Crippen LogP contribution is -2.52. The number of allylic oxidation sites excluding steroid dienone is 2. The number of hydrogen-bond donors (Lipinski definition) is 0. The van der Waals surface area contributed by atoms with Crippen LogP contribution in [0.2, 0.25) is 0 Å². The lowest BCUT2D eigenvalue weighted by atomic mass is 9.81. The standard InChI is InChI=1S/C27H35F3N2O3/c1-4-20-10-13-32(17-21(20)16-18(2)27(28,29)30)24(33)23-19(3)25(34)35-26(23)11-14-31(15-12-26)22-8-6-5-7-9-22/h4,16,22H,1,5-15,17H2,2-3H3/b18-16+. The third kappa shape index (κ3) is 5.13. The fourth-order valence-corrected chi connectivity index (χ4v) is 6.00. The molecule has 0 N–H and O–H groups in total. The number of alkyl halides is 3. The first-order valence-electron chi connectivity index (χ1n) is 12.6. The van der Waals surface area contributed by atoms with Gasteiger partial charge in [0.25, 0.3) is 5.91 Å². The highest BCUT2D eigenvalue weighted by Crippen LogP contribution is 2.43. The van der Waals surface area contributed by atoms with Gasteiger partial charge in [0, 0.05) is 56.2 Å². The topological polar surface area (TPSA) is 49.9 Å². The van der Waals surface area contributed by atoms with E-state index < -0.39 is 23.3 Å². The normalized spacial score (nSPS) is 24.9. The predicted octanol–water partition coefficient (Wildman–Crippen LogP) is 5.25. The summed E-state index contributed by atoms with van der Waals surface area (Å²) in [4.78, 5) is 30.4. The molecule has 0 atom stereocenters. The van der Waals surface area contributed by atoms with Crippen molar-refractivity contribution in [1.82, 2.24) is 9.80 Å². The number of nitrogens with zero attached hydrogens (tertiary/aromatic N) is 2. The molecule has 0 aromatic carbocycles. The van der Waals surface area contributed by atoms with Gasteiger partial charge in [-0.1, -0.05) is 31.9 Å². The Kier molecular flexibility index (Phi) is 7.32. The summed E-state index contributed by atoms with van der Waals surface area (Å²) in [5, 5.41) is 0. The summed E-state index contributed by atoms with van der Waals surface area (Å²) in [6.45, 7) is 8.32. The van der Waals surface area contributed by atoms with Crippen LogP contribution in [0.15, 0.2) is 46.6 Å². The van der Waals surface area contributed by atoms with Crippen molar-refractivity contribution in [1.29, 1.82) is 0 Å². The van der Waals surface area contributed by atoms with Crippen LogP contribution in [0.25, 0.3) is 0 Å². The first kappa shape index (κ1) is 25.7. The van der Waals surface area contributed by atoms with Gasteiger partial charge in [-0.25, -0.2) is 4.79 Å². The minimum atomic E-state index is -4.44. The quantitative estimate of drug-likeness (QED) is 0.503. The highest BCUT2D eigenvalue weighted by Gasteiger charge is 2.52. The molecule has 1 aliphatic carbocycles. The Hall–Kier alpha value is -2.35. The van der Waals surface area contributed by atoms with Crippen molar-refractivity contribution in [2.45, 2.75) is 83.0 Å². The van der Waals surface area contributed by atoms with Crippen LogP contribution in [0.4, 0.5) is 13.2 Å². The largest absolute Gasteiger partial charge is 0.450 e. The molecule has 4 rings (SSSR count).